The molecule has 0 saturated heterocycles. The van der Waals surface area contributed by atoms with Gasteiger partial charge in [0.25, 0.3) is 5.88 Å². The van der Waals surface area contributed by atoms with E-state index in [4.69, 9.17) is 11.6 Å². The molecule has 31 heavy (non-hydrogen) atoms. The third-order valence-corrected chi connectivity index (χ3v) is 5.67. The maximum atomic E-state index is 12.3. The maximum absolute atomic E-state index is 12.3. The molecular weight excluding hydrogens is 416 g/mol. The molecule has 1 saturated carbocycles. The molecule has 9 heteroatoms. The Balaban J connectivity index is 1.59. The largest absolute Gasteiger partial charge is 0.491 e. The minimum atomic E-state index is -0.413. The van der Waals surface area contributed by atoms with E-state index in [1.54, 1.807) is 12.3 Å². The van der Waals surface area contributed by atoms with Crippen molar-refractivity contribution in [3.8, 4) is 28.4 Å². The summed E-state index contributed by atoms with van der Waals surface area (Å²) < 4.78 is 0. The minimum absolute atomic E-state index is 0.00471. The average Bonchev–Trinajstić information content (AvgIpc) is 3.22. The van der Waals surface area contributed by atoms with Gasteiger partial charge in [-0.05, 0) is 31.4 Å². The molecule has 2 aromatic carbocycles. The molecule has 0 unspecified atom stereocenters. The number of hydrogen-bond donors (Lipinski definition) is 4. The molecule has 5 rings (SSSR count). The van der Waals surface area contributed by atoms with Gasteiger partial charge in [-0.3, -0.25) is 10.4 Å². The topological polar surface area (TPSA) is 116 Å². The van der Waals surface area contributed by atoms with Gasteiger partial charge in [0.05, 0.1) is 22.4 Å². The van der Waals surface area contributed by atoms with Crippen LogP contribution in [0.1, 0.15) is 19.3 Å². The van der Waals surface area contributed by atoms with Crippen LogP contribution in [0.5, 0.6) is 5.88 Å². The second kappa shape index (κ2) is 7.88. The van der Waals surface area contributed by atoms with Crippen molar-refractivity contribution in [2.75, 3.05) is 5.32 Å². The quantitative estimate of drug-likeness (QED) is 0.371. The second-order valence-corrected chi connectivity index (χ2v) is 7.88. The molecule has 2 aromatic heterocycles. The van der Waals surface area contributed by atoms with Gasteiger partial charge < -0.3 is 10.4 Å². The van der Waals surface area contributed by atoms with Crippen molar-refractivity contribution in [3.05, 3.63) is 53.7 Å². The van der Waals surface area contributed by atoms with E-state index < -0.39 is 6.03 Å². The lowest BCUT2D eigenvalue weighted by Crippen LogP contribution is -2.42. The fraction of sp³-hybridized carbons (Fsp3) is 0.182. The average molecular weight is 435 g/mol. The first-order valence-corrected chi connectivity index (χ1v) is 10.3. The molecule has 4 N–H and O–H groups in total. The number of rotatable bonds is 4. The van der Waals surface area contributed by atoms with Gasteiger partial charge in [-0.1, -0.05) is 41.9 Å². The Morgan fingerprint density at radius 2 is 1.87 bits per heavy atom. The summed E-state index contributed by atoms with van der Waals surface area (Å²) in [6.07, 6.45) is 4.68. The third-order valence-electron chi connectivity index (χ3n) is 5.37. The molecule has 0 spiro atoms. The van der Waals surface area contributed by atoms with Crippen molar-refractivity contribution in [1.82, 2.24) is 25.5 Å². The summed E-state index contributed by atoms with van der Waals surface area (Å²) in [6.45, 7) is 0. The lowest BCUT2D eigenvalue weighted by atomic mass is 9.93. The standard InChI is InChI=1S/C22H19ClN6O2/c23-16-10-13(9-14-11-24-29-17(14)16)19-18(12-5-2-1-3-6-12)26-20(21(30)27-19)28-22(31)25-15-7-4-8-15/h1-3,5-6,9-11,15H,4,7-8H2,(H,24,29)(H,27,30)(H2,25,26,28,31). The summed E-state index contributed by atoms with van der Waals surface area (Å²) in [6, 6.07) is 12.8. The molecule has 8 nitrogen and oxygen atoms in total. The van der Waals surface area contributed by atoms with Crippen LogP contribution >= 0.6 is 11.6 Å². The molecule has 1 aliphatic rings. The predicted molar refractivity (Wildman–Crippen MR) is 119 cm³/mol. The summed E-state index contributed by atoms with van der Waals surface area (Å²) in [5.74, 6) is -0.378. The molecule has 0 bridgehead atoms. The number of nitrogens with zero attached hydrogens (tertiary/aromatic N) is 3. The van der Waals surface area contributed by atoms with Gasteiger partial charge in [0.15, 0.2) is 5.82 Å². The second-order valence-electron chi connectivity index (χ2n) is 7.48. The number of anilines is 1. The number of amides is 2. The molecular formula is C22H19ClN6O2. The lowest BCUT2D eigenvalue weighted by molar-refractivity contribution is 0.239. The van der Waals surface area contributed by atoms with Crippen molar-refractivity contribution in [2.45, 2.75) is 25.3 Å². The van der Waals surface area contributed by atoms with Crippen LogP contribution < -0.4 is 10.6 Å². The molecule has 2 amide bonds. The van der Waals surface area contributed by atoms with E-state index in [0.29, 0.717) is 22.0 Å². The highest BCUT2D eigenvalue weighted by atomic mass is 35.5. The number of hydrogen-bond acceptors (Lipinski definition) is 5. The van der Waals surface area contributed by atoms with E-state index in [1.165, 1.54) is 0 Å². The Hall–Kier alpha value is -3.65. The fourth-order valence-corrected chi connectivity index (χ4v) is 3.81. The summed E-state index contributed by atoms with van der Waals surface area (Å²) in [5.41, 5.74) is 3.13. The summed E-state index contributed by atoms with van der Waals surface area (Å²) in [5, 5.41) is 24.2. The number of H-pyrrole nitrogens is 1. The van der Waals surface area contributed by atoms with Crippen LogP contribution in [-0.4, -0.2) is 37.3 Å². The van der Waals surface area contributed by atoms with Crippen LogP contribution in [0.4, 0.5) is 10.6 Å². The van der Waals surface area contributed by atoms with Gasteiger partial charge >= 0.3 is 6.03 Å². The number of carbonyl (C=O) groups excluding carboxylic acids is 1. The van der Waals surface area contributed by atoms with Crippen molar-refractivity contribution in [1.29, 1.82) is 0 Å². The Kier molecular flexibility index (Phi) is 4.91. The minimum Gasteiger partial charge on any atom is -0.491 e. The number of nitrogens with one attached hydrogen (secondary N) is 3. The molecule has 2 heterocycles. The number of aromatic amines is 1. The zero-order valence-electron chi connectivity index (χ0n) is 16.4. The van der Waals surface area contributed by atoms with E-state index in [1.807, 2.05) is 36.4 Å². The van der Waals surface area contributed by atoms with Gasteiger partial charge in [-0.25, -0.2) is 14.8 Å². The molecule has 0 radical (unpaired) electrons. The number of benzene rings is 2. The van der Waals surface area contributed by atoms with Crippen molar-refractivity contribution >= 4 is 34.4 Å². The first-order valence-electron chi connectivity index (χ1n) is 9.95. The molecule has 4 aromatic rings. The van der Waals surface area contributed by atoms with Crippen molar-refractivity contribution in [2.24, 2.45) is 0 Å². The van der Waals surface area contributed by atoms with Crippen LogP contribution in [0.25, 0.3) is 33.4 Å². The van der Waals surface area contributed by atoms with Crippen LogP contribution in [0.3, 0.4) is 0 Å². The van der Waals surface area contributed by atoms with Gasteiger partial charge in [0, 0.05) is 22.6 Å². The van der Waals surface area contributed by atoms with Crippen LogP contribution in [-0.2, 0) is 0 Å². The number of aromatic nitrogens is 4. The number of aromatic hydroxyl groups is 1. The smallest absolute Gasteiger partial charge is 0.320 e. The highest BCUT2D eigenvalue weighted by molar-refractivity contribution is 6.35. The van der Waals surface area contributed by atoms with E-state index >= 15 is 0 Å². The van der Waals surface area contributed by atoms with Crippen molar-refractivity contribution < 1.29 is 9.90 Å². The third kappa shape index (κ3) is 3.77. The lowest BCUT2D eigenvalue weighted by Gasteiger charge is -2.26. The van der Waals surface area contributed by atoms with Crippen LogP contribution in [0.2, 0.25) is 5.02 Å². The Bertz CT molecular complexity index is 1270. The van der Waals surface area contributed by atoms with Crippen molar-refractivity contribution in [3.63, 3.8) is 0 Å². The van der Waals surface area contributed by atoms with Gasteiger partial charge in [0.1, 0.15) is 5.69 Å². The normalized spacial score (nSPS) is 13.7. The SMILES string of the molecule is O=C(Nc1nc(-c2ccccc2)c(-c2cc(Cl)c3[nH]ncc3c2)nc1O)NC1CCC1. The van der Waals surface area contributed by atoms with Crippen LogP contribution in [0.15, 0.2) is 48.7 Å². The summed E-state index contributed by atoms with van der Waals surface area (Å²) in [7, 11) is 0. The highest BCUT2D eigenvalue weighted by Gasteiger charge is 2.22. The zero-order chi connectivity index (χ0) is 21.4. The first kappa shape index (κ1) is 19.3. The molecule has 1 aliphatic carbocycles. The molecule has 0 aliphatic heterocycles. The number of carbonyl (C=O) groups is 1. The number of urea groups is 1. The van der Waals surface area contributed by atoms with Gasteiger partial charge in [-0.15, -0.1) is 0 Å². The van der Waals surface area contributed by atoms with Crippen LogP contribution in [0, 0.1) is 0 Å². The molecule has 156 valence electrons. The predicted octanol–water partition coefficient (Wildman–Crippen LogP) is 4.72. The Labute approximate surface area is 182 Å². The van der Waals surface area contributed by atoms with Gasteiger partial charge in [0.2, 0.25) is 0 Å². The van der Waals surface area contributed by atoms with Gasteiger partial charge in [-0.2, -0.15) is 5.10 Å². The summed E-state index contributed by atoms with van der Waals surface area (Å²) in [4.78, 5) is 21.2. The van der Waals surface area contributed by atoms with E-state index in [0.717, 1.165) is 35.7 Å². The highest BCUT2D eigenvalue weighted by Crippen LogP contribution is 2.36. The summed E-state index contributed by atoms with van der Waals surface area (Å²) >= 11 is 6.41. The number of fused-ring (bicyclic) bond motifs is 1. The van der Waals surface area contributed by atoms with E-state index in [-0.39, 0.29) is 17.7 Å². The van der Waals surface area contributed by atoms with E-state index in [9.17, 15) is 9.90 Å². The maximum Gasteiger partial charge on any atom is 0.320 e. The first-order chi connectivity index (χ1) is 15.1. The zero-order valence-corrected chi connectivity index (χ0v) is 17.1. The monoisotopic (exact) mass is 434 g/mol. The Morgan fingerprint density at radius 3 is 2.61 bits per heavy atom. The Morgan fingerprint density at radius 1 is 1.10 bits per heavy atom. The molecule has 0 atom stereocenters. The fourth-order valence-electron chi connectivity index (χ4n) is 3.54. The number of halogens is 1. The van der Waals surface area contributed by atoms with E-state index in [2.05, 4.69) is 30.8 Å². The molecule has 1 fully saturated rings.